The average Bonchev–Trinajstić information content (AvgIpc) is 2.71. The van der Waals surface area contributed by atoms with Crippen molar-refractivity contribution >= 4 is 40.4 Å². The zero-order valence-corrected chi connectivity index (χ0v) is 11.0. The van der Waals surface area contributed by atoms with Crippen LogP contribution in [-0.4, -0.2) is 41.0 Å². The highest BCUT2D eigenvalue weighted by Crippen LogP contribution is 2.25. The Balaban J connectivity index is 1.98. The maximum absolute atomic E-state index is 5.62. The van der Waals surface area contributed by atoms with Crippen molar-refractivity contribution in [1.29, 1.82) is 0 Å². The molecule has 3 atom stereocenters. The van der Waals surface area contributed by atoms with Gasteiger partial charge in [0, 0.05) is 6.42 Å². The molecule has 2 aliphatic heterocycles. The minimum atomic E-state index is -0.445. The highest BCUT2D eigenvalue weighted by molar-refractivity contribution is 7.80. The van der Waals surface area contributed by atoms with E-state index in [2.05, 4.69) is 33.6 Å². The van der Waals surface area contributed by atoms with Crippen molar-refractivity contribution in [2.75, 3.05) is 6.61 Å². The number of hydrogen-bond acceptors (Lipinski definition) is 6. The summed E-state index contributed by atoms with van der Waals surface area (Å²) in [5.74, 6) is 0. The van der Waals surface area contributed by atoms with Crippen LogP contribution < -0.4 is 27.7 Å². The Morgan fingerprint density at radius 3 is 2.78 bits per heavy atom. The number of rotatable bonds is 3. The molecule has 0 aliphatic carbocycles. The van der Waals surface area contributed by atoms with Crippen LogP contribution in [0.5, 0.6) is 0 Å². The Hall–Kier alpha value is -1.07. The van der Waals surface area contributed by atoms with Crippen LogP contribution in [0.4, 0.5) is 0 Å². The van der Waals surface area contributed by atoms with Gasteiger partial charge in [0.1, 0.15) is 6.10 Å². The molecule has 18 heavy (non-hydrogen) atoms. The zero-order valence-electron chi connectivity index (χ0n) is 9.38. The maximum atomic E-state index is 5.62. The van der Waals surface area contributed by atoms with Gasteiger partial charge in [-0.25, -0.2) is 5.43 Å². The molecule has 2 aliphatic rings. The minimum Gasteiger partial charge on any atom is -0.375 e. The van der Waals surface area contributed by atoms with E-state index >= 15 is 0 Å². The summed E-state index contributed by atoms with van der Waals surface area (Å²) in [6.07, 6.45) is 0.0981. The summed E-state index contributed by atoms with van der Waals surface area (Å²) in [5.41, 5.74) is 19.5. The summed E-state index contributed by atoms with van der Waals surface area (Å²) >= 11 is 9.40. The smallest absolute Gasteiger partial charge is 0.199 e. The lowest BCUT2D eigenvalue weighted by Gasteiger charge is -2.29. The lowest BCUT2D eigenvalue weighted by atomic mass is 10.0. The van der Waals surface area contributed by atoms with Gasteiger partial charge < -0.3 is 20.9 Å². The van der Waals surface area contributed by atoms with Gasteiger partial charge in [0.05, 0.1) is 18.4 Å². The van der Waals surface area contributed by atoms with Crippen LogP contribution in [0.25, 0.3) is 0 Å². The fraction of sp³-hybridized carbons (Fsp3) is 0.625. The van der Waals surface area contributed by atoms with E-state index in [4.69, 9.17) is 33.2 Å². The van der Waals surface area contributed by atoms with Crippen molar-refractivity contribution in [1.82, 2.24) is 16.3 Å². The molecule has 0 aromatic rings. The van der Waals surface area contributed by atoms with E-state index in [1.807, 2.05) is 0 Å². The van der Waals surface area contributed by atoms with Crippen LogP contribution in [0.1, 0.15) is 6.42 Å². The Kier molecular flexibility index (Phi) is 4.24. The number of ether oxygens (including phenoxy) is 2. The van der Waals surface area contributed by atoms with Gasteiger partial charge in [0.2, 0.25) is 0 Å². The first-order chi connectivity index (χ1) is 8.56. The van der Waals surface area contributed by atoms with Crippen molar-refractivity contribution in [2.45, 2.75) is 24.9 Å². The average molecular weight is 290 g/mol. The number of hydrazone groups is 1. The Bertz CT molecular complexity index is 390. The third kappa shape index (κ3) is 3.23. The molecule has 2 saturated heterocycles. The molecule has 2 heterocycles. The van der Waals surface area contributed by atoms with E-state index in [0.29, 0.717) is 18.7 Å². The summed E-state index contributed by atoms with van der Waals surface area (Å²) < 4.78 is 11.1. The lowest BCUT2D eigenvalue weighted by Crippen LogP contribution is -2.55. The first kappa shape index (κ1) is 13.4. The summed E-state index contributed by atoms with van der Waals surface area (Å²) in [5, 5.41) is 4.31. The molecule has 0 amide bonds. The molecule has 0 saturated carbocycles. The minimum absolute atomic E-state index is 0.0443. The molecule has 0 spiro atoms. The topological polar surface area (TPSA) is 119 Å². The number of nitrogens with zero attached hydrogens (tertiary/aromatic N) is 1. The van der Waals surface area contributed by atoms with Crippen molar-refractivity contribution in [3.63, 3.8) is 0 Å². The van der Waals surface area contributed by atoms with E-state index < -0.39 is 6.29 Å². The van der Waals surface area contributed by atoms with E-state index in [9.17, 15) is 0 Å². The molecular formula is C8H14N6O2S2. The molecule has 2 bridgehead atoms. The van der Waals surface area contributed by atoms with Gasteiger partial charge in [-0.1, -0.05) is 0 Å². The molecule has 7 N–H and O–H groups in total. The van der Waals surface area contributed by atoms with Gasteiger partial charge >= 0.3 is 0 Å². The van der Waals surface area contributed by atoms with Crippen LogP contribution >= 0.6 is 24.4 Å². The molecule has 100 valence electrons. The van der Waals surface area contributed by atoms with Gasteiger partial charge in [-0.15, -0.1) is 0 Å². The van der Waals surface area contributed by atoms with Gasteiger partial charge in [0.25, 0.3) is 0 Å². The molecule has 10 heteroatoms. The van der Waals surface area contributed by atoms with Crippen LogP contribution in [0.3, 0.4) is 0 Å². The maximum Gasteiger partial charge on any atom is 0.199 e. The van der Waals surface area contributed by atoms with Crippen LogP contribution in [0.15, 0.2) is 5.10 Å². The summed E-state index contributed by atoms with van der Waals surface area (Å²) in [6.45, 7) is 0.480. The summed E-state index contributed by atoms with van der Waals surface area (Å²) in [6, 6.07) is -0.0443. The normalized spacial score (nSPS) is 32.2. The second-order valence-corrected chi connectivity index (χ2v) is 4.74. The largest absolute Gasteiger partial charge is 0.375 e. The van der Waals surface area contributed by atoms with Crippen molar-refractivity contribution in [3.05, 3.63) is 0 Å². The highest BCUT2D eigenvalue weighted by Gasteiger charge is 2.42. The van der Waals surface area contributed by atoms with E-state index in [-0.39, 0.29) is 22.4 Å². The van der Waals surface area contributed by atoms with Gasteiger partial charge in [-0.3, -0.25) is 10.9 Å². The van der Waals surface area contributed by atoms with E-state index in [1.165, 1.54) is 0 Å². The molecule has 0 aromatic carbocycles. The monoisotopic (exact) mass is 290 g/mol. The van der Waals surface area contributed by atoms with Gasteiger partial charge in [0.15, 0.2) is 16.5 Å². The first-order valence-corrected chi connectivity index (χ1v) is 6.08. The van der Waals surface area contributed by atoms with Gasteiger partial charge in [-0.05, 0) is 24.4 Å². The molecule has 0 aromatic heterocycles. The van der Waals surface area contributed by atoms with Crippen molar-refractivity contribution < 1.29 is 9.47 Å². The number of hydrogen-bond donors (Lipinski definition) is 5. The molecule has 2 rings (SSSR count). The highest BCUT2D eigenvalue weighted by atomic mass is 32.1. The Morgan fingerprint density at radius 2 is 2.11 bits per heavy atom. The summed E-state index contributed by atoms with van der Waals surface area (Å²) in [4.78, 5) is 0. The first-order valence-electron chi connectivity index (χ1n) is 5.26. The van der Waals surface area contributed by atoms with Crippen molar-refractivity contribution in [3.8, 4) is 0 Å². The molecule has 8 nitrogen and oxygen atoms in total. The predicted octanol–water partition coefficient (Wildman–Crippen LogP) is -1.97. The van der Waals surface area contributed by atoms with Crippen molar-refractivity contribution in [2.24, 2.45) is 16.6 Å². The lowest BCUT2D eigenvalue weighted by molar-refractivity contribution is -0.0263. The van der Waals surface area contributed by atoms with Gasteiger partial charge in [-0.2, -0.15) is 5.10 Å². The number of thiocarbonyl (C=S) groups is 2. The predicted molar refractivity (Wildman–Crippen MR) is 73.4 cm³/mol. The molecule has 0 unspecified atom stereocenters. The number of nitrogens with one attached hydrogen (secondary N) is 3. The number of fused-ring (bicyclic) bond motifs is 2. The second kappa shape index (κ2) is 5.71. The van der Waals surface area contributed by atoms with Crippen LogP contribution in [-0.2, 0) is 9.47 Å². The number of nitrogens with two attached hydrogens (primary N) is 2. The molecule has 2 fully saturated rings. The second-order valence-electron chi connectivity index (χ2n) is 3.86. The fourth-order valence-corrected chi connectivity index (χ4v) is 1.90. The third-order valence-corrected chi connectivity index (χ3v) is 2.74. The van der Waals surface area contributed by atoms with Crippen LogP contribution in [0.2, 0.25) is 0 Å². The quantitative estimate of drug-likeness (QED) is 0.298. The zero-order chi connectivity index (χ0) is 13.1. The number of hydrazine groups is 1. The SMILES string of the molecule is NC(=S)N/N=C1\C[C@@H](NNC(N)=S)[C@H]2CO[C@@H]1O2. The Labute approximate surface area is 114 Å². The molecule has 0 radical (unpaired) electrons. The van der Waals surface area contributed by atoms with Crippen LogP contribution in [0, 0.1) is 0 Å². The molecular weight excluding hydrogens is 276 g/mol. The standard InChI is InChI=1S/C8H14N6O2S2/c9-7(17)13-11-3-1-4(12-14-8(10)18)6-15-2-5(3)16-6/h3,5-6,11H,1-2H2,(H3,9,13,17)(H3,10,14,18)/b12-4+/t3-,5-,6-/m1/s1. The summed E-state index contributed by atoms with van der Waals surface area (Å²) in [7, 11) is 0. The Morgan fingerprint density at radius 1 is 1.33 bits per heavy atom. The van der Waals surface area contributed by atoms with E-state index in [1.54, 1.807) is 0 Å². The fourth-order valence-electron chi connectivity index (χ4n) is 1.79. The van der Waals surface area contributed by atoms with E-state index in [0.717, 1.165) is 0 Å². The third-order valence-electron chi connectivity index (χ3n) is 2.55.